The number of ether oxygens (including phenoxy) is 1. The van der Waals surface area contributed by atoms with Crippen molar-refractivity contribution in [1.82, 2.24) is 24.1 Å². The van der Waals surface area contributed by atoms with Gasteiger partial charge in [0.15, 0.2) is 5.82 Å². The van der Waals surface area contributed by atoms with Crippen LogP contribution < -0.4 is 5.32 Å². The number of aromatic nitrogens is 2. The lowest BCUT2D eigenvalue weighted by Crippen LogP contribution is -2.50. The smallest absolute Gasteiger partial charge is 0.281 e. The van der Waals surface area contributed by atoms with E-state index < -0.39 is 10.2 Å². The van der Waals surface area contributed by atoms with Gasteiger partial charge in [-0.2, -0.15) is 22.0 Å². The molecule has 2 fully saturated rings. The molecule has 0 bridgehead atoms. The highest BCUT2D eigenvalue weighted by molar-refractivity contribution is 7.86. The first-order valence-electron chi connectivity index (χ1n) is 10.2. The zero-order valence-corrected chi connectivity index (χ0v) is 18.0. The fourth-order valence-corrected chi connectivity index (χ4v) is 5.41. The molecule has 0 atom stereocenters. The number of carbonyl (C=O) groups is 1. The molecule has 1 N–H and O–H groups in total. The van der Waals surface area contributed by atoms with E-state index in [9.17, 15) is 13.2 Å². The van der Waals surface area contributed by atoms with Gasteiger partial charge in [0.25, 0.3) is 16.1 Å². The minimum Gasteiger partial charge on any atom is -0.375 e. The highest BCUT2D eigenvalue weighted by Gasteiger charge is 2.35. The van der Waals surface area contributed by atoms with Gasteiger partial charge in [-0.05, 0) is 31.6 Å². The summed E-state index contributed by atoms with van der Waals surface area (Å²) in [4.78, 5) is 16.6. The maximum Gasteiger partial charge on any atom is 0.281 e. The first-order valence-corrected chi connectivity index (χ1v) is 11.6. The van der Waals surface area contributed by atoms with Crippen LogP contribution >= 0.6 is 0 Å². The number of carbonyl (C=O) groups excluding carboxylic acids is 1. The van der Waals surface area contributed by atoms with Gasteiger partial charge in [-0.25, -0.2) is 0 Å². The maximum absolute atomic E-state index is 12.8. The number of piperidine rings is 2. The van der Waals surface area contributed by atoms with Gasteiger partial charge in [-0.3, -0.25) is 4.79 Å². The van der Waals surface area contributed by atoms with E-state index in [1.165, 1.54) is 4.31 Å². The summed E-state index contributed by atoms with van der Waals surface area (Å²) < 4.78 is 38.7. The largest absolute Gasteiger partial charge is 0.375 e. The van der Waals surface area contributed by atoms with Crippen LogP contribution in [0, 0.1) is 11.8 Å². The van der Waals surface area contributed by atoms with E-state index >= 15 is 0 Å². The molecule has 2 aliphatic heterocycles. The Balaban J connectivity index is 1.40. The molecule has 29 heavy (non-hydrogen) atoms. The molecule has 1 aromatic rings. The van der Waals surface area contributed by atoms with Crippen molar-refractivity contribution in [1.29, 1.82) is 0 Å². The van der Waals surface area contributed by atoms with Gasteiger partial charge in [-0.1, -0.05) is 12.1 Å². The maximum atomic E-state index is 12.8. The Hall–Kier alpha value is -1.56. The molecule has 164 valence electrons. The SMILES string of the molecule is COCc1nc(CCNC(=O)C2CCN(S(=O)(=O)N3CCC(C)CC3)CC2)no1. The van der Waals surface area contributed by atoms with E-state index in [0.717, 1.165) is 12.8 Å². The van der Waals surface area contributed by atoms with Crippen molar-refractivity contribution in [2.45, 2.75) is 45.6 Å². The van der Waals surface area contributed by atoms with Crippen LogP contribution in [0.4, 0.5) is 0 Å². The molecule has 0 radical (unpaired) electrons. The summed E-state index contributed by atoms with van der Waals surface area (Å²) in [6.07, 6.45) is 3.36. The standard InChI is InChI=1S/C18H31N5O5S/c1-14-4-9-22(10-5-14)29(25,26)23-11-6-15(7-12-23)18(24)19-8-3-16-20-17(13-27-2)28-21-16/h14-15H,3-13H2,1-2H3,(H,19,24). The molecule has 1 aromatic heterocycles. The molecule has 0 spiro atoms. The average molecular weight is 430 g/mol. The van der Waals surface area contributed by atoms with Gasteiger partial charge >= 0.3 is 0 Å². The highest BCUT2D eigenvalue weighted by Crippen LogP contribution is 2.25. The number of rotatable bonds is 8. The molecule has 3 heterocycles. The summed E-state index contributed by atoms with van der Waals surface area (Å²) in [5.41, 5.74) is 0. The Labute approximate surface area is 172 Å². The van der Waals surface area contributed by atoms with E-state index in [1.54, 1.807) is 11.4 Å². The Morgan fingerprint density at radius 1 is 1.17 bits per heavy atom. The molecule has 0 unspecified atom stereocenters. The summed E-state index contributed by atoms with van der Waals surface area (Å²) in [7, 11) is -1.87. The molecule has 0 saturated carbocycles. The third kappa shape index (κ3) is 5.74. The Morgan fingerprint density at radius 2 is 1.79 bits per heavy atom. The lowest BCUT2D eigenvalue weighted by atomic mass is 9.97. The van der Waals surface area contributed by atoms with Gasteiger partial charge in [0.1, 0.15) is 6.61 Å². The van der Waals surface area contributed by atoms with E-state index in [-0.39, 0.29) is 18.4 Å². The van der Waals surface area contributed by atoms with Gasteiger partial charge < -0.3 is 14.6 Å². The van der Waals surface area contributed by atoms with Crippen LogP contribution in [0.1, 0.15) is 44.3 Å². The number of nitrogens with zero attached hydrogens (tertiary/aromatic N) is 4. The van der Waals surface area contributed by atoms with Crippen molar-refractivity contribution in [3.8, 4) is 0 Å². The third-order valence-electron chi connectivity index (χ3n) is 5.65. The number of nitrogens with one attached hydrogen (secondary N) is 1. The summed E-state index contributed by atoms with van der Waals surface area (Å²) in [6.45, 7) is 4.78. The molecule has 2 aliphatic rings. The molecule has 1 amide bonds. The molecule has 0 aromatic carbocycles. The monoisotopic (exact) mass is 429 g/mol. The van der Waals surface area contributed by atoms with Crippen LogP contribution in [0.15, 0.2) is 4.52 Å². The van der Waals surface area contributed by atoms with Gasteiger partial charge in [-0.15, -0.1) is 0 Å². The van der Waals surface area contributed by atoms with Gasteiger partial charge in [0.05, 0.1) is 0 Å². The molecule has 0 aliphatic carbocycles. The predicted octanol–water partition coefficient (Wildman–Crippen LogP) is 0.563. The molecule has 11 heteroatoms. The van der Waals surface area contributed by atoms with Crippen LogP contribution in [0.25, 0.3) is 0 Å². The van der Waals surface area contributed by atoms with E-state index in [2.05, 4.69) is 22.4 Å². The highest BCUT2D eigenvalue weighted by atomic mass is 32.2. The van der Waals surface area contributed by atoms with Crippen LogP contribution in [0.3, 0.4) is 0 Å². The number of hydrogen-bond acceptors (Lipinski definition) is 7. The summed E-state index contributed by atoms with van der Waals surface area (Å²) >= 11 is 0. The second-order valence-corrected chi connectivity index (χ2v) is 9.77. The molecule has 3 rings (SSSR count). The minimum absolute atomic E-state index is 0.0468. The average Bonchev–Trinajstić information content (AvgIpc) is 3.16. The Kier molecular flexibility index (Phi) is 7.60. The van der Waals surface area contributed by atoms with Crippen molar-refractivity contribution in [3.63, 3.8) is 0 Å². The molecule has 10 nitrogen and oxygen atoms in total. The van der Waals surface area contributed by atoms with Crippen LogP contribution in [0.5, 0.6) is 0 Å². The van der Waals surface area contributed by atoms with Crippen molar-refractivity contribution < 1.29 is 22.5 Å². The van der Waals surface area contributed by atoms with E-state index in [4.69, 9.17) is 9.26 Å². The molecular weight excluding hydrogens is 398 g/mol. The first kappa shape index (κ1) is 22.1. The molecular formula is C18H31N5O5S. The quantitative estimate of drug-likeness (QED) is 0.642. The fraction of sp³-hybridized carbons (Fsp3) is 0.833. The number of hydrogen-bond donors (Lipinski definition) is 1. The second kappa shape index (κ2) is 9.96. The van der Waals surface area contributed by atoms with Crippen molar-refractivity contribution in [2.24, 2.45) is 11.8 Å². The topological polar surface area (TPSA) is 118 Å². The third-order valence-corrected chi connectivity index (χ3v) is 7.68. The first-order chi connectivity index (χ1) is 13.9. The molecule has 2 saturated heterocycles. The van der Waals surface area contributed by atoms with Crippen molar-refractivity contribution >= 4 is 16.1 Å². The van der Waals surface area contributed by atoms with Crippen molar-refractivity contribution in [2.75, 3.05) is 39.8 Å². The fourth-order valence-electron chi connectivity index (χ4n) is 3.74. The lowest BCUT2D eigenvalue weighted by Gasteiger charge is -2.37. The summed E-state index contributed by atoms with van der Waals surface area (Å²) in [6, 6.07) is 0. The number of methoxy groups -OCH3 is 1. The van der Waals surface area contributed by atoms with Gasteiger partial charge in [0, 0.05) is 52.2 Å². The van der Waals surface area contributed by atoms with E-state index in [0.29, 0.717) is 69.6 Å². The number of amides is 1. The summed E-state index contributed by atoms with van der Waals surface area (Å²) in [5, 5.41) is 6.73. The second-order valence-electron chi connectivity index (χ2n) is 7.84. The van der Waals surface area contributed by atoms with Crippen LogP contribution in [-0.4, -0.2) is 72.9 Å². The minimum atomic E-state index is -3.42. The van der Waals surface area contributed by atoms with Crippen molar-refractivity contribution in [3.05, 3.63) is 11.7 Å². The predicted molar refractivity (Wildman–Crippen MR) is 105 cm³/mol. The Bertz CT molecular complexity index is 767. The lowest BCUT2D eigenvalue weighted by molar-refractivity contribution is -0.126. The van der Waals surface area contributed by atoms with E-state index in [1.807, 2.05) is 0 Å². The summed E-state index contributed by atoms with van der Waals surface area (Å²) in [5.74, 6) is 1.29. The zero-order chi connectivity index (χ0) is 20.9. The zero-order valence-electron chi connectivity index (χ0n) is 17.2. The Morgan fingerprint density at radius 3 is 2.41 bits per heavy atom. The van der Waals surface area contributed by atoms with Crippen LogP contribution in [0.2, 0.25) is 0 Å². The van der Waals surface area contributed by atoms with Crippen LogP contribution in [-0.2, 0) is 32.8 Å². The normalized spacial score (nSPS) is 20.8. The van der Waals surface area contributed by atoms with Gasteiger partial charge in [0.2, 0.25) is 5.91 Å².